The van der Waals surface area contributed by atoms with E-state index < -0.39 is 47.2 Å². The number of anilines is 1. The first-order valence-electron chi connectivity index (χ1n) is 17.1. The third kappa shape index (κ3) is 9.28. The smallest absolute Gasteiger partial charge is 0.407 e. The van der Waals surface area contributed by atoms with Gasteiger partial charge in [0.15, 0.2) is 6.29 Å². The number of ether oxygens (including phenoxy) is 4. The number of sulfonamides is 1. The predicted octanol–water partition coefficient (Wildman–Crippen LogP) is 2.28. The molecule has 0 aromatic heterocycles. The van der Waals surface area contributed by atoms with Gasteiger partial charge in [-0.2, -0.15) is 0 Å². The molecule has 2 amide bonds. The Labute approximate surface area is 287 Å². The maximum atomic E-state index is 14.2. The van der Waals surface area contributed by atoms with E-state index in [9.17, 15) is 23.1 Å². The Kier molecular flexibility index (Phi) is 12.0. The maximum absolute atomic E-state index is 14.2. The summed E-state index contributed by atoms with van der Waals surface area (Å²) in [7, 11) is -4.30. The van der Waals surface area contributed by atoms with Crippen molar-refractivity contribution in [3.05, 3.63) is 60.2 Å². The van der Waals surface area contributed by atoms with E-state index in [1.54, 1.807) is 17.0 Å². The zero-order valence-corrected chi connectivity index (χ0v) is 28.3. The molecule has 1 aliphatic carbocycles. The van der Waals surface area contributed by atoms with E-state index in [0.717, 1.165) is 22.9 Å². The van der Waals surface area contributed by atoms with Crippen LogP contribution in [0.1, 0.15) is 37.7 Å². The molecule has 4 fully saturated rings. The Bertz CT molecular complexity index is 1500. The summed E-state index contributed by atoms with van der Waals surface area (Å²) >= 11 is 0. The van der Waals surface area contributed by atoms with Crippen molar-refractivity contribution in [2.75, 3.05) is 57.9 Å². The molecule has 6 rings (SSSR count). The van der Waals surface area contributed by atoms with Gasteiger partial charge in [0, 0.05) is 18.8 Å². The average Bonchev–Trinajstić information content (AvgIpc) is 3.89. The number of fused-ring (bicyclic) bond motifs is 1. The van der Waals surface area contributed by atoms with Crippen molar-refractivity contribution in [1.29, 1.82) is 0 Å². The number of carbonyl (C=O) groups is 2. The molecule has 0 radical (unpaired) electrons. The molecule has 268 valence electrons. The van der Waals surface area contributed by atoms with Crippen LogP contribution in [0.15, 0.2) is 59.5 Å². The number of benzene rings is 2. The number of hydroxylamine groups is 1. The maximum Gasteiger partial charge on any atom is 0.407 e. The van der Waals surface area contributed by atoms with Gasteiger partial charge < -0.3 is 39.6 Å². The monoisotopic (exact) mass is 702 g/mol. The van der Waals surface area contributed by atoms with Crippen molar-refractivity contribution >= 4 is 27.7 Å². The van der Waals surface area contributed by atoms with E-state index >= 15 is 0 Å². The Morgan fingerprint density at radius 2 is 1.78 bits per heavy atom. The van der Waals surface area contributed by atoms with Crippen LogP contribution >= 0.6 is 0 Å². The van der Waals surface area contributed by atoms with Crippen LogP contribution < -0.4 is 10.6 Å². The van der Waals surface area contributed by atoms with Gasteiger partial charge in [-0.1, -0.05) is 53.7 Å². The topological polar surface area (TPSA) is 165 Å². The molecule has 0 spiro atoms. The largest absolute Gasteiger partial charge is 0.443 e. The van der Waals surface area contributed by atoms with Crippen LogP contribution in [0.2, 0.25) is 0 Å². The summed E-state index contributed by atoms with van der Waals surface area (Å²) in [6.07, 6.45) is 0.746. The van der Waals surface area contributed by atoms with Gasteiger partial charge in [-0.3, -0.25) is 9.63 Å². The minimum atomic E-state index is -4.30. The lowest BCUT2D eigenvalue weighted by molar-refractivity contribution is -0.145. The number of hydrogen-bond acceptors (Lipinski definition) is 11. The number of hydrogen-bond donors (Lipinski definition) is 3. The first-order valence-corrected chi connectivity index (χ1v) is 18.5. The second-order valence-electron chi connectivity index (χ2n) is 12.9. The summed E-state index contributed by atoms with van der Waals surface area (Å²) in [6, 6.07) is 14.5. The fraction of sp³-hybridized carbons (Fsp3) is 0.588. The van der Waals surface area contributed by atoms with Crippen molar-refractivity contribution < 1.29 is 46.9 Å². The molecule has 3 aliphatic heterocycles. The number of amides is 2. The van der Waals surface area contributed by atoms with E-state index in [-0.39, 0.29) is 42.4 Å². The zero-order chi connectivity index (χ0) is 34.2. The third-order valence-corrected chi connectivity index (χ3v) is 11.0. The van der Waals surface area contributed by atoms with Crippen LogP contribution in [0.3, 0.4) is 0 Å². The highest BCUT2D eigenvalue weighted by molar-refractivity contribution is 7.89. The van der Waals surface area contributed by atoms with Gasteiger partial charge >= 0.3 is 6.09 Å². The van der Waals surface area contributed by atoms with Gasteiger partial charge in [-0.05, 0) is 49.4 Å². The average molecular weight is 703 g/mol. The van der Waals surface area contributed by atoms with E-state index in [1.165, 1.54) is 12.1 Å². The molecule has 2 aromatic rings. The van der Waals surface area contributed by atoms with Crippen molar-refractivity contribution in [2.24, 2.45) is 5.92 Å². The Morgan fingerprint density at radius 3 is 2.55 bits per heavy atom. The summed E-state index contributed by atoms with van der Waals surface area (Å²) in [5.74, 6) is -0.176. The highest BCUT2D eigenvalue weighted by Crippen LogP contribution is 2.33. The molecule has 5 atom stereocenters. The van der Waals surface area contributed by atoms with Gasteiger partial charge in [-0.25, -0.2) is 13.2 Å². The van der Waals surface area contributed by atoms with E-state index in [4.69, 9.17) is 23.8 Å². The number of alkyl carbamates (subject to hydrolysis) is 1. The highest BCUT2D eigenvalue weighted by Gasteiger charge is 2.44. The van der Waals surface area contributed by atoms with Crippen molar-refractivity contribution in [3.8, 4) is 0 Å². The fourth-order valence-corrected chi connectivity index (χ4v) is 7.99. The fourth-order valence-electron chi connectivity index (χ4n) is 6.65. The molecule has 4 aliphatic rings. The van der Waals surface area contributed by atoms with Crippen LogP contribution in [0.25, 0.3) is 0 Å². The minimum absolute atomic E-state index is 0.00511. The van der Waals surface area contributed by atoms with E-state index in [0.29, 0.717) is 57.9 Å². The van der Waals surface area contributed by atoms with Gasteiger partial charge in [0.25, 0.3) is 10.0 Å². The summed E-state index contributed by atoms with van der Waals surface area (Å²) in [5.41, 5.74) is 1.28. The lowest BCUT2D eigenvalue weighted by Crippen LogP contribution is -2.51. The predicted molar refractivity (Wildman–Crippen MR) is 177 cm³/mol. The van der Waals surface area contributed by atoms with Crippen molar-refractivity contribution in [2.45, 2.75) is 74.1 Å². The number of morpholine rings is 1. The molecular weight excluding hydrogens is 656 g/mol. The number of aliphatic hydroxyl groups excluding tert-OH is 1. The Balaban J connectivity index is 1.17. The quantitative estimate of drug-likeness (QED) is 0.248. The molecule has 15 heteroatoms. The summed E-state index contributed by atoms with van der Waals surface area (Å²) in [4.78, 5) is 33.6. The standard InChI is InChI=1S/C34H46N4O10S/c39-30(29(19-24-7-2-1-3-8-24)36-34(41)47-31-23-46-33-28(31)13-16-45-33)22-38(48-26-10-4-5-11-26)49(42,43)27-12-6-9-25(20-27)35-21-32(40)37-14-17-44-18-15-37/h1-3,6-9,12,20,26,28-31,33,35,39H,4-5,10-11,13-19,21-23H2,(H,36,41)/t28-,29-,30-,31-,33+/m0/s1. The first-order chi connectivity index (χ1) is 23.8. The van der Waals surface area contributed by atoms with Crippen LogP contribution in [-0.2, 0) is 45.0 Å². The molecule has 3 N–H and O–H groups in total. The van der Waals surface area contributed by atoms with E-state index in [2.05, 4.69) is 10.6 Å². The van der Waals surface area contributed by atoms with Crippen LogP contribution in [0.4, 0.5) is 10.5 Å². The molecule has 0 unspecified atom stereocenters. The third-order valence-electron chi connectivity index (χ3n) is 9.42. The highest BCUT2D eigenvalue weighted by atomic mass is 32.2. The van der Waals surface area contributed by atoms with Crippen LogP contribution in [0, 0.1) is 5.92 Å². The number of aliphatic hydroxyl groups is 1. The lowest BCUT2D eigenvalue weighted by atomic mass is 10.0. The van der Waals surface area contributed by atoms with Crippen molar-refractivity contribution in [1.82, 2.24) is 14.7 Å². The van der Waals surface area contributed by atoms with Crippen molar-refractivity contribution in [3.63, 3.8) is 0 Å². The molecule has 14 nitrogen and oxygen atoms in total. The molecule has 2 aromatic carbocycles. The normalized spacial score (nSPS) is 24.0. The van der Waals surface area contributed by atoms with Gasteiger partial charge in [-0.15, -0.1) is 0 Å². The summed E-state index contributed by atoms with van der Waals surface area (Å²) < 4.78 is 51.4. The number of nitrogens with one attached hydrogen (secondary N) is 2. The lowest BCUT2D eigenvalue weighted by Gasteiger charge is -2.31. The molecule has 1 saturated carbocycles. The zero-order valence-electron chi connectivity index (χ0n) is 27.5. The molecule has 0 bridgehead atoms. The number of rotatable bonds is 14. The summed E-state index contributed by atoms with van der Waals surface area (Å²) in [5, 5.41) is 17.5. The number of nitrogens with zero attached hydrogens (tertiary/aromatic N) is 2. The second kappa shape index (κ2) is 16.6. The molecule has 3 heterocycles. The number of carbonyl (C=O) groups excluding carboxylic acids is 2. The van der Waals surface area contributed by atoms with E-state index in [1.807, 2.05) is 30.3 Å². The Morgan fingerprint density at radius 1 is 1.00 bits per heavy atom. The summed E-state index contributed by atoms with van der Waals surface area (Å²) in [6.45, 7) is 2.27. The SMILES string of the molecule is O=C(N[C@@H](Cc1ccccc1)[C@@H](O)CN(OC1CCCC1)S(=O)(=O)c1cccc(NCC(=O)N2CCOCC2)c1)O[C@H]1CO[C@H]2OCC[C@H]21. The van der Waals surface area contributed by atoms with Gasteiger partial charge in [0.05, 0.1) is 68.6 Å². The molecular formula is C34H46N4O10S. The van der Waals surface area contributed by atoms with Crippen LogP contribution in [0.5, 0.6) is 0 Å². The van der Waals surface area contributed by atoms with Gasteiger partial charge in [0.1, 0.15) is 6.10 Å². The molecule has 3 saturated heterocycles. The first kappa shape index (κ1) is 35.5. The molecule has 49 heavy (non-hydrogen) atoms. The minimum Gasteiger partial charge on any atom is -0.443 e. The van der Waals surface area contributed by atoms with Crippen LogP contribution in [-0.4, -0.2) is 118 Å². The Hall–Kier alpha value is -3.31. The second-order valence-corrected chi connectivity index (χ2v) is 14.7. The van der Waals surface area contributed by atoms with Gasteiger partial charge in [0.2, 0.25) is 5.91 Å².